The third kappa shape index (κ3) is 1.63. The monoisotopic (exact) mass is 171 g/mol. The molecule has 0 aromatic rings. The van der Waals surface area contributed by atoms with Crippen molar-refractivity contribution >= 4 is 0 Å². The Bertz CT molecular complexity index is 145. The highest BCUT2D eigenvalue weighted by Crippen LogP contribution is 2.28. The lowest BCUT2D eigenvalue weighted by Crippen LogP contribution is -2.48. The van der Waals surface area contributed by atoms with Crippen molar-refractivity contribution in [2.24, 2.45) is 5.92 Å². The average Bonchev–Trinajstić information content (AvgIpc) is 2.53. The minimum Gasteiger partial charge on any atom is -0.393 e. The molecule has 0 bridgehead atoms. The predicted octanol–water partition coefficient (Wildman–Crippen LogP) is 0.136. The van der Waals surface area contributed by atoms with Crippen LogP contribution in [0.15, 0.2) is 0 Å². The van der Waals surface area contributed by atoms with Crippen LogP contribution >= 0.6 is 0 Å². The molecular weight excluding hydrogens is 154 g/mol. The molecule has 2 N–H and O–H groups in total. The van der Waals surface area contributed by atoms with E-state index in [-0.39, 0.29) is 6.10 Å². The molecule has 0 unspecified atom stereocenters. The van der Waals surface area contributed by atoms with Crippen LogP contribution < -0.4 is 5.32 Å². The molecule has 1 saturated heterocycles. The molecule has 0 aromatic heterocycles. The standard InChI is InChI=1S/C9H17NO2/c11-9-3-1-2-7(9)8-6-12-5-4-10-8/h7-11H,1-6H2/t7-,8+,9-/m1/s1. The van der Waals surface area contributed by atoms with E-state index in [0.29, 0.717) is 12.0 Å². The molecule has 2 fully saturated rings. The number of hydrogen-bond acceptors (Lipinski definition) is 3. The summed E-state index contributed by atoms with van der Waals surface area (Å²) in [5.41, 5.74) is 0. The predicted molar refractivity (Wildman–Crippen MR) is 46.0 cm³/mol. The SMILES string of the molecule is O[C@@H]1CCC[C@@H]1[C@@H]1COCCN1. The van der Waals surface area contributed by atoms with E-state index in [2.05, 4.69) is 5.32 Å². The summed E-state index contributed by atoms with van der Waals surface area (Å²) in [6, 6.07) is 0.399. The van der Waals surface area contributed by atoms with Crippen molar-refractivity contribution in [3.05, 3.63) is 0 Å². The molecule has 3 heteroatoms. The molecule has 0 spiro atoms. The summed E-state index contributed by atoms with van der Waals surface area (Å²) in [6.07, 6.45) is 3.21. The summed E-state index contributed by atoms with van der Waals surface area (Å²) in [5.74, 6) is 0.435. The number of nitrogens with one attached hydrogen (secondary N) is 1. The maximum Gasteiger partial charge on any atom is 0.0623 e. The third-order valence-corrected chi connectivity index (χ3v) is 3.00. The fourth-order valence-corrected chi connectivity index (χ4v) is 2.30. The van der Waals surface area contributed by atoms with Crippen molar-refractivity contribution in [1.29, 1.82) is 0 Å². The van der Waals surface area contributed by atoms with E-state index in [9.17, 15) is 5.11 Å². The van der Waals surface area contributed by atoms with Crippen LogP contribution in [0.25, 0.3) is 0 Å². The second kappa shape index (κ2) is 3.73. The number of morpholine rings is 1. The zero-order valence-electron chi connectivity index (χ0n) is 7.33. The van der Waals surface area contributed by atoms with Crippen LogP contribution in [0.2, 0.25) is 0 Å². The lowest BCUT2D eigenvalue weighted by molar-refractivity contribution is 0.0254. The average molecular weight is 171 g/mol. The van der Waals surface area contributed by atoms with Crippen molar-refractivity contribution in [2.75, 3.05) is 19.8 Å². The number of rotatable bonds is 1. The van der Waals surface area contributed by atoms with E-state index in [4.69, 9.17) is 4.74 Å². The molecule has 3 nitrogen and oxygen atoms in total. The smallest absolute Gasteiger partial charge is 0.0623 e. The number of aliphatic hydroxyl groups excluding tert-OH is 1. The normalized spacial score (nSPS) is 43.2. The molecule has 12 heavy (non-hydrogen) atoms. The van der Waals surface area contributed by atoms with Gasteiger partial charge >= 0.3 is 0 Å². The van der Waals surface area contributed by atoms with Crippen LogP contribution in [-0.2, 0) is 4.74 Å². The third-order valence-electron chi connectivity index (χ3n) is 3.00. The first-order chi connectivity index (χ1) is 5.88. The van der Waals surface area contributed by atoms with Gasteiger partial charge in [0.15, 0.2) is 0 Å². The summed E-state index contributed by atoms with van der Waals surface area (Å²) in [4.78, 5) is 0. The van der Waals surface area contributed by atoms with Gasteiger partial charge < -0.3 is 15.2 Å². The van der Waals surface area contributed by atoms with E-state index in [1.807, 2.05) is 0 Å². The van der Waals surface area contributed by atoms with Crippen LogP contribution in [0.4, 0.5) is 0 Å². The highest BCUT2D eigenvalue weighted by molar-refractivity contribution is 4.87. The minimum absolute atomic E-state index is 0.0933. The number of hydrogen-bond donors (Lipinski definition) is 2. The zero-order valence-corrected chi connectivity index (χ0v) is 7.33. The zero-order chi connectivity index (χ0) is 8.39. The maximum absolute atomic E-state index is 9.65. The topological polar surface area (TPSA) is 41.5 Å². The van der Waals surface area contributed by atoms with Crippen LogP contribution in [0.3, 0.4) is 0 Å². The van der Waals surface area contributed by atoms with Gasteiger partial charge in [-0.2, -0.15) is 0 Å². The van der Waals surface area contributed by atoms with E-state index >= 15 is 0 Å². The molecule has 1 heterocycles. The van der Waals surface area contributed by atoms with Crippen molar-refractivity contribution in [2.45, 2.75) is 31.4 Å². The highest BCUT2D eigenvalue weighted by atomic mass is 16.5. The molecule has 1 aliphatic carbocycles. The summed E-state index contributed by atoms with van der Waals surface area (Å²) in [7, 11) is 0. The maximum atomic E-state index is 9.65. The Morgan fingerprint density at radius 1 is 1.33 bits per heavy atom. The summed E-state index contributed by atoms with van der Waals surface area (Å²) in [6.45, 7) is 2.54. The Morgan fingerprint density at radius 3 is 2.83 bits per heavy atom. The molecule has 2 aliphatic rings. The van der Waals surface area contributed by atoms with Gasteiger partial charge in [-0.1, -0.05) is 6.42 Å². The lowest BCUT2D eigenvalue weighted by atomic mass is 9.96. The highest BCUT2D eigenvalue weighted by Gasteiger charge is 2.33. The van der Waals surface area contributed by atoms with Gasteiger partial charge in [0.2, 0.25) is 0 Å². The van der Waals surface area contributed by atoms with Crippen molar-refractivity contribution in [1.82, 2.24) is 5.32 Å². The van der Waals surface area contributed by atoms with Crippen LogP contribution in [0.5, 0.6) is 0 Å². The Kier molecular flexibility index (Phi) is 2.63. The fraction of sp³-hybridized carbons (Fsp3) is 1.00. The van der Waals surface area contributed by atoms with Gasteiger partial charge in [0.25, 0.3) is 0 Å². The first-order valence-corrected chi connectivity index (χ1v) is 4.87. The van der Waals surface area contributed by atoms with Gasteiger partial charge in [-0.15, -0.1) is 0 Å². The Labute approximate surface area is 73.1 Å². The van der Waals surface area contributed by atoms with Gasteiger partial charge in [0.1, 0.15) is 0 Å². The van der Waals surface area contributed by atoms with Gasteiger partial charge in [-0.3, -0.25) is 0 Å². The van der Waals surface area contributed by atoms with Crippen molar-refractivity contribution < 1.29 is 9.84 Å². The lowest BCUT2D eigenvalue weighted by Gasteiger charge is -2.30. The molecule has 1 saturated carbocycles. The van der Waals surface area contributed by atoms with Crippen molar-refractivity contribution in [3.63, 3.8) is 0 Å². The summed E-state index contributed by atoms with van der Waals surface area (Å²) < 4.78 is 5.37. The first kappa shape index (κ1) is 8.48. The minimum atomic E-state index is -0.0933. The Morgan fingerprint density at radius 2 is 2.25 bits per heavy atom. The van der Waals surface area contributed by atoms with Gasteiger partial charge in [-0.05, 0) is 12.8 Å². The number of ether oxygens (including phenoxy) is 1. The molecule has 70 valence electrons. The second-order valence-electron chi connectivity index (χ2n) is 3.80. The first-order valence-electron chi connectivity index (χ1n) is 4.87. The summed E-state index contributed by atoms with van der Waals surface area (Å²) in [5, 5.41) is 13.1. The van der Waals surface area contributed by atoms with E-state index in [1.165, 1.54) is 6.42 Å². The summed E-state index contributed by atoms with van der Waals surface area (Å²) >= 11 is 0. The molecule has 3 atom stereocenters. The van der Waals surface area contributed by atoms with Gasteiger partial charge in [0.05, 0.1) is 19.3 Å². The van der Waals surface area contributed by atoms with E-state index < -0.39 is 0 Å². The van der Waals surface area contributed by atoms with Crippen LogP contribution in [-0.4, -0.2) is 37.0 Å². The molecule has 0 radical (unpaired) electrons. The number of aliphatic hydroxyl groups is 1. The molecule has 0 amide bonds. The second-order valence-corrected chi connectivity index (χ2v) is 3.80. The molecular formula is C9H17NO2. The van der Waals surface area contributed by atoms with E-state index in [0.717, 1.165) is 32.6 Å². The van der Waals surface area contributed by atoms with Gasteiger partial charge in [0, 0.05) is 18.5 Å². The quantitative estimate of drug-likeness (QED) is 0.589. The van der Waals surface area contributed by atoms with Gasteiger partial charge in [-0.25, -0.2) is 0 Å². The molecule has 2 rings (SSSR count). The van der Waals surface area contributed by atoms with Crippen LogP contribution in [0, 0.1) is 5.92 Å². The molecule has 0 aromatic carbocycles. The van der Waals surface area contributed by atoms with E-state index in [1.54, 1.807) is 0 Å². The molecule has 1 aliphatic heterocycles. The Balaban J connectivity index is 1.89. The van der Waals surface area contributed by atoms with Crippen LogP contribution in [0.1, 0.15) is 19.3 Å². The fourth-order valence-electron chi connectivity index (χ4n) is 2.30. The Hall–Kier alpha value is -0.120. The largest absolute Gasteiger partial charge is 0.393 e. The van der Waals surface area contributed by atoms with Crippen molar-refractivity contribution in [3.8, 4) is 0 Å².